The van der Waals surface area contributed by atoms with Crippen molar-refractivity contribution in [2.45, 2.75) is 0 Å². The van der Waals surface area contributed by atoms with Crippen molar-refractivity contribution < 1.29 is 10.0 Å². The molecule has 4 nitrogen and oxygen atoms in total. The molecule has 1 aromatic heterocycles. The molecule has 1 aromatic carbocycles. The van der Waals surface area contributed by atoms with E-state index in [1.54, 1.807) is 18.3 Å². The van der Waals surface area contributed by atoms with Gasteiger partial charge in [0.05, 0.1) is 0 Å². The largest absolute Gasteiger partial charge is 0.488 e. The lowest BCUT2D eigenvalue weighted by Gasteiger charge is -2.03. The second kappa shape index (κ2) is 3.88. The maximum absolute atomic E-state index is 8.93. The summed E-state index contributed by atoms with van der Waals surface area (Å²) in [6.45, 7) is 0. The van der Waals surface area contributed by atoms with Gasteiger partial charge in [-0.05, 0) is 5.46 Å². The number of hydrogen-bond donors (Lipinski definition) is 2. The van der Waals surface area contributed by atoms with E-state index in [0.29, 0.717) is 5.46 Å². The highest BCUT2D eigenvalue weighted by atomic mass is 16.4. The second-order valence-corrected chi connectivity index (χ2v) is 3.36. The van der Waals surface area contributed by atoms with E-state index in [0.717, 1.165) is 11.4 Å². The molecule has 0 aliphatic rings. The quantitative estimate of drug-likeness (QED) is 0.661. The fraction of sp³-hybridized carbons (Fsp3) is 0.100. The first kappa shape index (κ1) is 9.95. The average molecular weight is 202 g/mol. The van der Waals surface area contributed by atoms with E-state index < -0.39 is 7.12 Å². The van der Waals surface area contributed by atoms with Crippen molar-refractivity contribution in [3.63, 3.8) is 0 Å². The van der Waals surface area contributed by atoms with Gasteiger partial charge in [-0.3, -0.25) is 0 Å². The molecule has 0 fully saturated rings. The van der Waals surface area contributed by atoms with Crippen LogP contribution in [0.5, 0.6) is 0 Å². The maximum Gasteiger partial charge on any atom is 0.488 e. The molecule has 1 heterocycles. The zero-order valence-corrected chi connectivity index (χ0v) is 8.33. The normalized spacial score (nSPS) is 10.3. The van der Waals surface area contributed by atoms with Gasteiger partial charge in [0.1, 0.15) is 5.82 Å². The van der Waals surface area contributed by atoms with E-state index in [-0.39, 0.29) is 0 Å². The van der Waals surface area contributed by atoms with Crippen LogP contribution >= 0.6 is 0 Å². The molecule has 2 aromatic rings. The monoisotopic (exact) mass is 202 g/mol. The molecule has 0 bridgehead atoms. The zero-order valence-electron chi connectivity index (χ0n) is 8.33. The first-order chi connectivity index (χ1) is 7.18. The summed E-state index contributed by atoms with van der Waals surface area (Å²) in [4.78, 5) is 4.20. The highest BCUT2D eigenvalue weighted by Gasteiger charge is 2.10. The number of hydrogen-bond acceptors (Lipinski definition) is 3. The number of aryl methyl sites for hydroxylation is 1. The summed E-state index contributed by atoms with van der Waals surface area (Å²) in [5, 5.41) is 17.9. The molecular formula is C10H11BN2O2. The minimum Gasteiger partial charge on any atom is -0.423 e. The van der Waals surface area contributed by atoms with Gasteiger partial charge in [0.25, 0.3) is 0 Å². The molecule has 0 amide bonds. The van der Waals surface area contributed by atoms with Crippen LogP contribution in [0.2, 0.25) is 0 Å². The summed E-state index contributed by atoms with van der Waals surface area (Å²) in [5.41, 5.74) is 1.43. The molecule has 5 heteroatoms. The van der Waals surface area contributed by atoms with Crippen LogP contribution in [-0.4, -0.2) is 26.7 Å². The topological polar surface area (TPSA) is 58.3 Å². The van der Waals surface area contributed by atoms with Crippen molar-refractivity contribution in [2.75, 3.05) is 0 Å². The first-order valence-corrected chi connectivity index (χ1v) is 4.62. The van der Waals surface area contributed by atoms with Crippen LogP contribution in [-0.2, 0) is 7.05 Å². The SMILES string of the molecule is Cn1ccnc1-c1ccc(B(O)O)cc1. The Morgan fingerprint density at radius 1 is 1.20 bits per heavy atom. The number of imidazole rings is 1. The number of benzene rings is 1. The molecule has 0 aliphatic heterocycles. The molecule has 0 unspecified atom stereocenters. The molecule has 0 spiro atoms. The standard InChI is InChI=1S/C10H11BN2O2/c1-13-7-6-12-10(13)8-2-4-9(5-3-8)11(14)15/h2-7,14-15H,1H3. The predicted molar refractivity (Wildman–Crippen MR) is 58.5 cm³/mol. The van der Waals surface area contributed by atoms with Crippen LogP contribution in [0.15, 0.2) is 36.7 Å². The smallest absolute Gasteiger partial charge is 0.423 e. The van der Waals surface area contributed by atoms with Crippen molar-refractivity contribution in [1.29, 1.82) is 0 Å². The molecule has 15 heavy (non-hydrogen) atoms. The van der Waals surface area contributed by atoms with Gasteiger partial charge < -0.3 is 14.6 Å². The summed E-state index contributed by atoms with van der Waals surface area (Å²) >= 11 is 0. The highest BCUT2D eigenvalue weighted by Crippen LogP contribution is 2.14. The third-order valence-electron chi connectivity index (χ3n) is 2.29. The molecule has 2 rings (SSSR count). The van der Waals surface area contributed by atoms with Crippen LogP contribution in [0.1, 0.15) is 0 Å². The lowest BCUT2D eigenvalue weighted by Crippen LogP contribution is -2.29. The van der Waals surface area contributed by atoms with Crippen molar-refractivity contribution >= 4 is 12.6 Å². The Balaban J connectivity index is 2.36. The van der Waals surface area contributed by atoms with Crippen LogP contribution < -0.4 is 5.46 Å². The summed E-state index contributed by atoms with van der Waals surface area (Å²) in [6.07, 6.45) is 3.59. The average Bonchev–Trinajstić information content (AvgIpc) is 2.65. The Labute approximate surface area is 88.0 Å². The minimum atomic E-state index is -1.42. The molecule has 0 saturated carbocycles. The van der Waals surface area contributed by atoms with Gasteiger partial charge in [-0.15, -0.1) is 0 Å². The summed E-state index contributed by atoms with van der Waals surface area (Å²) < 4.78 is 1.91. The Kier molecular flexibility index (Phi) is 2.57. The van der Waals surface area contributed by atoms with Crippen LogP contribution in [0, 0.1) is 0 Å². The van der Waals surface area contributed by atoms with E-state index in [2.05, 4.69) is 4.98 Å². The fourth-order valence-corrected chi connectivity index (χ4v) is 1.45. The fourth-order valence-electron chi connectivity index (χ4n) is 1.45. The Morgan fingerprint density at radius 2 is 1.87 bits per heavy atom. The number of rotatable bonds is 2. The second-order valence-electron chi connectivity index (χ2n) is 3.36. The van der Waals surface area contributed by atoms with Gasteiger partial charge in [-0.1, -0.05) is 24.3 Å². The Hall–Kier alpha value is -1.59. The van der Waals surface area contributed by atoms with E-state index in [1.165, 1.54) is 0 Å². The van der Waals surface area contributed by atoms with Gasteiger partial charge in [-0.2, -0.15) is 0 Å². The number of aromatic nitrogens is 2. The van der Waals surface area contributed by atoms with Gasteiger partial charge in [-0.25, -0.2) is 4.98 Å². The molecule has 0 aliphatic carbocycles. The summed E-state index contributed by atoms with van der Waals surface area (Å²) in [5.74, 6) is 0.856. The minimum absolute atomic E-state index is 0.480. The van der Waals surface area contributed by atoms with E-state index in [1.807, 2.05) is 29.9 Å². The summed E-state index contributed by atoms with van der Waals surface area (Å²) in [6, 6.07) is 6.98. The van der Waals surface area contributed by atoms with E-state index in [9.17, 15) is 0 Å². The van der Waals surface area contributed by atoms with Gasteiger partial charge in [0, 0.05) is 25.0 Å². The molecule has 0 atom stereocenters. The predicted octanol–water partition coefficient (Wildman–Crippen LogP) is -0.233. The molecule has 76 valence electrons. The van der Waals surface area contributed by atoms with Crippen LogP contribution in [0.4, 0.5) is 0 Å². The van der Waals surface area contributed by atoms with Gasteiger partial charge in [0.15, 0.2) is 0 Å². The highest BCUT2D eigenvalue weighted by molar-refractivity contribution is 6.58. The first-order valence-electron chi connectivity index (χ1n) is 4.62. The van der Waals surface area contributed by atoms with E-state index in [4.69, 9.17) is 10.0 Å². The Morgan fingerprint density at radius 3 is 2.33 bits per heavy atom. The van der Waals surface area contributed by atoms with Crippen LogP contribution in [0.3, 0.4) is 0 Å². The van der Waals surface area contributed by atoms with Crippen molar-refractivity contribution in [3.8, 4) is 11.4 Å². The van der Waals surface area contributed by atoms with Crippen LogP contribution in [0.25, 0.3) is 11.4 Å². The van der Waals surface area contributed by atoms with Crippen molar-refractivity contribution in [3.05, 3.63) is 36.7 Å². The lowest BCUT2D eigenvalue weighted by atomic mass is 9.80. The lowest BCUT2D eigenvalue weighted by molar-refractivity contribution is 0.426. The molecular weight excluding hydrogens is 191 g/mol. The number of nitrogens with zero attached hydrogens (tertiary/aromatic N) is 2. The van der Waals surface area contributed by atoms with Crippen molar-refractivity contribution in [1.82, 2.24) is 9.55 Å². The van der Waals surface area contributed by atoms with E-state index >= 15 is 0 Å². The molecule has 0 saturated heterocycles. The molecule has 2 N–H and O–H groups in total. The molecule has 0 radical (unpaired) electrons. The third-order valence-corrected chi connectivity index (χ3v) is 2.29. The Bertz CT molecular complexity index is 451. The van der Waals surface area contributed by atoms with Gasteiger partial charge in [0.2, 0.25) is 0 Å². The summed E-state index contributed by atoms with van der Waals surface area (Å²) in [7, 11) is 0.498. The van der Waals surface area contributed by atoms with Crippen molar-refractivity contribution in [2.24, 2.45) is 7.05 Å². The third kappa shape index (κ3) is 1.93. The maximum atomic E-state index is 8.93. The zero-order chi connectivity index (χ0) is 10.8. The van der Waals surface area contributed by atoms with Gasteiger partial charge >= 0.3 is 7.12 Å².